The molecule has 3 rings (SSSR count). The van der Waals surface area contributed by atoms with E-state index in [0.717, 1.165) is 77.7 Å². The average Bonchev–Trinajstić information content (AvgIpc) is 2.64. The number of likely N-dealkylation sites (tertiary alicyclic amines) is 1. The summed E-state index contributed by atoms with van der Waals surface area (Å²) in [5.41, 5.74) is 1.33. The molecule has 0 aliphatic carbocycles. The molecule has 1 aromatic carbocycles. The molecule has 0 saturated carbocycles. The molecule has 0 radical (unpaired) electrons. The molecule has 25 heavy (non-hydrogen) atoms. The Morgan fingerprint density at radius 3 is 2.40 bits per heavy atom. The summed E-state index contributed by atoms with van der Waals surface area (Å²) < 4.78 is 11.2. The van der Waals surface area contributed by atoms with Gasteiger partial charge < -0.3 is 14.6 Å². The predicted molar refractivity (Wildman–Crippen MR) is 98.9 cm³/mol. The van der Waals surface area contributed by atoms with Gasteiger partial charge in [-0.05, 0) is 56.5 Å². The van der Waals surface area contributed by atoms with Crippen LogP contribution in [0.4, 0.5) is 0 Å². The quantitative estimate of drug-likeness (QED) is 0.816. The third-order valence-corrected chi connectivity index (χ3v) is 5.42. The summed E-state index contributed by atoms with van der Waals surface area (Å²) in [5.74, 6) is 1.42. The maximum absolute atomic E-state index is 9.70. The molecule has 0 aromatic heterocycles. The van der Waals surface area contributed by atoms with Gasteiger partial charge in [0.25, 0.3) is 0 Å². The van der Waals surface area contributed by atoms with E-state index in [-0.39, 0.29) is 6.10 Å². The first-order valence-corrected chi connectivity index (χ1v) is 9.63. The van der Waals surface area contributed by atoms with Gasteiger partial charge in [0.15, 0.2) is 0 Å². The van der Waals surface area contributed by atoms with Crippen molar-refractivity contribution in [3.8, 4) is 5.75 Å². The summed E-state index contributed by atoms with van der Waals surface area (Å²) in [4.78, 5) is 4.86. The van der Waals surface area contributed by atoms with Crippen LogP contribution in [-0.4, -0.2) is 73.6 Å². The zero-order valence-corrected chi connectivity index (χ0v) is 15.4. The molecular weight excluding hydrogens is 316 g/mol. The maximum atomic E-state index is 9.70. The topological polar surface area (TPSA) is 45.2 Å². The minimum atomic E-state index is -0.170. The summed E-state index contributed by atoms with van der Waals surface area (Å²) in [7, 11) is 0. The van der Waals surface area contributed by atoms with E-state index >= 15 is 0 Å². The molecule has 2 aliphatic rings. The molecule has 5 nitrogen and oxygen atoms in total. The minimum Gasteiger partial charge on any atom is -0.492 e. The van der Waals surface area contributed by atoms with Crippen LogP contribution in [-0.2, 0) is 11.3 Å². The molecule has 2 saturated heterocycles. The predicted octanol–water partition coefficient (Wildman–Crippen LogP) is 1.99. The lowest BCUT2D eigenvalue weighted by Gasteiger charge is -2.33. The lowest BCUT2D eigenvalue weighted by atomic mass is 9.92. The van der Waals surface area contributed by atoms with Crippen LogP contribution >= 0.6 is 0 Å². The summed E-state index contributed by atoms with van der Waals surface area (Å²) in [5, 5.41) is 9.70. The van der Waals surface area contributed by atoms with Crippen molar-refractivity contribution in [2.24, 2.45) is 5.92 Å². The Hall–Kier alpha value is -1.14. The second-order valence-corrected chi connectivity index (χ2v) is 7.30. The van der Waals surface area contributed by atoms with E-state index in [4.69, 9.17) is 9.47 Å². The van der Waals surface area contributed by atoms with Crippen molar-refractivity contribution in [2.75, 3.05) is 52.5 Å². The molecule has 1 atom stereocenters. The Labute approximate surface area is 151 Å². The molecule has 0 unspecified atom stereocenters. The fourth-order valence-electron chi connectivity index (χ4n) is 3.66. The van der Waals surface area contributed by atoms with E-state index < -0.39 is 0 Å². The van der Waals surface area contributed by atoms with Crippen LogP contribution in [0, 0.1) is 5.92 Å². The van der Waals surface area contributed by atoms with Crippen LogP contribution in [0.2, 0.25) is 0 Å². The standard InChI is InChI=1S/C20H32N2O3/c1-17(23)19-6-8-22(9-7-19)16-18-2-4-20(5-3-18)25-15-12-21-10-13-24-14-11-21/h2-5,17,19,23H,6-16H2,1H3/t17-/m1/s1. The van der Waals surface area contributed by atoms with E-state index in [1.54, 1.807) is 0 Å². The average molecular weight is 348 g/mol. The first-order valence-electron chi connectivity index (χ1n) is 9.63. The molecule has 0 spiro atoms. The van der Waals surface area contributed by atoms with Gasteiger partial charge in [-0.1, -0.05) is 12.1 Å². The van der Waals surface area contributed by atoms with Gasteiger partial charge >= 0.3 is 0 Å². The Morgan fingerprint density at radius 2 is 1.76 bits per heavy atom. The Kier molecular flexibility index (Phi) is 7.11. The molecule has 2 fully saturated rings. The highest BCUT2D eigenvalue weighted by Crippen LogP contribution is 2.22. The highest BCUT2D eigenvalue weighted by Gasteiger charge is 2.22. The van der Waals surface area contributed by atoms with Gasteiger partial charge in [0.05, 0.1) is 19.3 Å². The van der Waals surface area contributed by atoms with E-state index in [0.29, 0.717) is 5.92 Å². The highest BCUT2D eigenvalue weighted by atomic mass is 16.5. The SMILES string of the molecule is C[C@@H](O)C1CCN(Cc2ccc(OCCN3CCOCC3)cc2)CC1. The lowest BCUT2D eigenvalue weighted by molar-refractivity contribution is 0.0322. The fraction of sp³-hybridized carbons (Fsp3) is 0.700. The zero-order chi connectivity index (χ0) is 17.5. The molecule has 0 bridgehead atoms. The van der Waals surface area contributed by atoms with Crippen LogP contribution in [0.15, 0.2) is 24.3 Å². The fourth-order valence-corrected chi connectivity index (χ4v) is 3.66. The number of piperidine rings is 1. The van der Waals surface area contributed by atoms with Crippen LogP contribution < -0.4 is 4.74 Å². The van der Waals surface area contributed by atoms with Gasteiger partial charge in [0.1, 0.15) is 12.4 Å². The van der Waals surface area contributed by atoms with Gasteiger partial charge in [0, 0.05) is 26.2 Å². The highest BCUT2D eigenvalue weighted by molar-refractivity contribution is 5.27. The second-order valence-electron chi connectivity index (χ2n) is 7.30. The Balaban J connectivity index is 1.37. The number of hydrogen-bond acceptors (Lipinski definition) is 5. The monoisotopic (exact) mass is 348 g/mol. The van der Waals surface area contributed by atoms with Crippen molar-refractivity contribution in [1.29, 1.82) is 0 Å². The van der Waals surface area contributed by atoms with Crippen molar-refractivity contribution < 1.29 is 14.6 Å². The molecule has 0 amide bonds. The van der Waals surface area contributed by atoms with Crippen molar-refractivity contribution in [3.05, 3.63) is 29.8 Å². The van der Waals surface area contributed by atoms with Crippen LogP contribution in [0.3, 0.4) is 0 Å². The molecule has 1 N–H and O–H groups in total. The normalized spacial score (nSPS) is 22.0. The number of morpholine rings is 1. The number of ether oxygens (including phenoxy) is 2. The van der Waals surface area contributed by atoms with E-state index in [1.807, 2.05) is 6.92 Å². The summed E-state index contributed by atoms with van der Waals surface area (Å²) in [6.45, 7) is 10.4. The van der Waals surface area contributed by atoms with Gasteiger partial charge in [0.2, 0.25) is 0 Å². The van der Waals surface area contributed by atoms with E-state index in [2.05, 4.69) is 34.1 Å². The summed E-state index contributed by atoms with van der Waals surface area (Å²) in [6, 6.07) is 8.50. The molecule has 1 aromatic rings. The number of aliphatic hydroxyl groups is 1. The van der Waals surface area contributed by atoms with Crippen LogP contribution in [0.5, 0.6) is 5.75 Å². The van der Waals surface area contributed by atoms with Gasteiger partial charge in [-0.3, -0.25) is 9.80 Å². The van der Waals surface area contributed by atoms with Gasteiger partial charge in [-0.25, -0.2) is 0 Å². The second kappa shape index (κ2) is 9.53. The summed E-state index contributed by atoms with van der Waals surface area (Å²) >= 11 is 0. The van der Waals surface area contributed by atoms with Crippen molar-refractivity contribution >= 4 is 0 Å². The molecule has 140 valence electrons. The minimum absolute atomic E-state index is 0.170. The Morgan fingerprint density at radius 1 is 1.08 bits per heavy atom. The summed E-state index contributed by atoms with van der Waals surface area (Å²) in [6.07, 6.45) is 2.02. The molecule has 5 heteroatoms. The largest absolute Gasteiger partial charge is 0.492 e. The number of rotatable bonds is 7. The van der Waals surface area contributed by atoms with Crippen LogP contribution in [0.25, 0.3) is 0 Å². The first-order chi connectivity index (χ1) is 12.2. The third-order valence-electron chi connectivity index (χ3n) is 5.42. The third kappa shape index (κ3) is 5.96. The number of hydrogen-bond donors (Lipinski definition) is 1. The number of benzene rings is 1. The molecule has 2 heterocycles. The van der Waals surface area contributed by atoms with Crippen molar-refractivity contribution in [1.82, 2.24) is 9.80 Å². The smallest absolute Gasteiger partial charge is 0.119 e. The molecular formula is C20H32N2O3. The molecule has 2 aliphatic heterocycles. The zero-order valence-electron chi connectivity index (χ0n) is 15.4. The van der Waals surface area contributed by atoms with E-state index in [9.17, 15) is 5.11 Å². The van der Waals surface area contributed by atoms with Crippen molar-refractivity contribution in [3.63, 3.8) is 0 Å². The van der Waals surface area contributed by atoms with Crippen molar-refractivity contribution in [2.45, 2.75) is 32.4 Å². The Bertz CT molecular complexity index is 492. The number of nitrogens with zero attached hydrogens (tertiary/aromatic N) is 2. The lowest BCUT2D eigenvalue weighted by Crippen LogP contribution is -2.38. The number of aliphatic hydroxyl groups excluding tert-OH is 1. The van der Waals surface area contributed by atoms with E-state index in [1.165, 1.54) is 5.56 Å². The first kappa shape index (κ1) is 18.6. The van der Waals surface area contributed by atoms with Gasteiger partial charge in [-0.2, -0.15) is 0 Å². The maximum Gasteiger partial charge on any atom is 0.119 e. The van der Waals surface area contributed by atoms with Crippen LogP contribution in [0.1, 0.15) is 25.3 Å². The van der Waals surface area contributed by atoms with Gasteiger partial charge in [-0.15, -0.1) is 0 Å².